The van der Waals surface area contributed by atoms with Crippen molar-refractivity contribution in [3.05, 3.63) is 41.8 Å². The number of aryl methyl sites for hydroxylation is 2. The normalized spacial score (nSPS) is 22.6. The molecule has 0 spiro atoms. The van der Waals surface area contributed by atoms with Crippen LogP contribution in [0.3, 0.4) is 0 Å². The molecule has 1 aliphatic heterocycles. The third kappa shape index (κ3) is 4.70. The summed E-state index contributed by atoms with van der Waals surface area (Å²) >= 11 is 0. The number of ether oxygens (including phenoxy) is 2. The molecule has 2 aromatic rings. The van der Waals surface area contributed by atoms with Gasteiger partial charge in [0.15, 0.2) is 0 Å². The first-order chi connectivity index (χ1) is 13.7. The van der Waals surface area contributed by atoms with Crippen LogP contribution in [0, 0.1) is 18.3 Å². The van der Waals surface area contributed by atoms with Crippen molar-refractivity contribution in [2.24, 2.45) is 11.3 Å². The van der Waals surface area contributed by atoms with Crippen molar-refractivity contribution in [2.75, 3.05) is 13.2 Å². The van der Waals surface area contributed by atoms with Crippen LogP contribution in [0.4, 0.5) is 0 Å². The summed E-state index contributed by atoms with van der Waals surface area (Å²) in [5.74, 6) is -0.874. The molecule has 0 bridgehead atoms. The highest BCUT2D eigenvalue weighted by Crippen LogP contribution is 2.39. The molecule has 0 saturated carbocycles. The fraction of sp³-hybridized carbons (Fsp3) is 0.565. The average Bonchev–Trinajstić information content (AvgIpc) is 3.06. The summed E-state index contributed by atoms with van der Waals surface area (Å²) in [6.45, 7) is 8.24. The monoisotopic (exact) mass is 401 g/mol. The van der Waals surface area contributed by atoms with E-state index < -0.39 is 17.2 Å². The Morgan fingerprint density at radius 3 is 2.41 bits per heavy atom. The van der Waals surface area contributed by atoms with E-state index in [1.165, 1.54) is 0 Å². The molecule has 29 heavy (non-hydrogen) atoms. The summed E-state index contributed by atoms with van der Waals surface area (Å²) in [5.41, 5.74) is 1.35. The van der Waals surface area contributed by atoms with Gasteiger partial charge in [0.25, 0.3) is 5.79 Å². The molecular formula is C23H31NO5. The van der Waals surface area contributed by atoms with Gasteiger partial charge in [-0.2, -0.15) is 0 Å². The lowest BCUT2D eigenvalue weighted by Crippen LogP contribution is -2.58. The number of aliphatic carboxylic acids is 1. The number of aromatic nitrogens is 1. The second-order valence-corrected chi connectivity index (χ2v) is 8.79. The first-order valence-electron chi connectivity index (χ1n) is 10.3. The molecule has 0 unspecified atom stereocenters. The lowest BCUT2D eigenvalue weighted by Gasteiger charge is -2.44. The molecule has 1 aromatic heterocycles. The van der Waals surface area contributed by atoms with Crippen LogP contribution in [0.2, 0.25) is 0 Å². The number of nitrogens with zero attached hydrogens (tertiary/aromatic N) is 1. The van der Waals surface area contributed by atoms with Crippen LogP contribution in [-0.4, -0.2) is 35.1 Å². The molecule has 1 fully saturated rings. The molecule has 0 radical (unpaired) electrons. The van der Waals surface area contributed by atoms with Crippen molar-refractivity contribution in [1.29, 1.82) is 0 Å². The van der Waals surface area contributed by atoms with Crippen LogP contribution < -0.4 is 0 Å². The van der Waals surface area contributed by atoms with Crippen LogP contribution in [-0.2, 0) is 20.7 Å². The fourth-order valence-corrected chi connectivity index (χ4v) is 3.69. The van der Waals surface area contributed by atoms with Gasteiger partial charge >= 0.3 is 5.97 Å². The Morgan fingerprint density at radius 2 is 1.83 bits per heavy atom. The predicted molar refractivity (Wildman–Crippen MR) is 109 cm³/mol. The zero-order chi connectivity index (χ0) is 21.1. The van der Waals surface area contributed by atoms with Gasteiger partial charge in [-0.25, -0.2) is 9.78 Å². The highest BCUT2D eigenvalue weighted by atomic mass is 16.7. The summed E-state index contributed by atoms with van der Waals surface area (Å²) < 4.78 is 17.3. The third-order valence-corrected chi connectivity index (χ3v) is 5.50. The van der Waals surface area contributed by atoms with E-state index in [1.54, 1.807) is 0 Å². The molecule has 1 aromatic carbocycles. The van der Waals surface area contributed by atoms with Gasteiger partial charge in [0.05, 0.1) is 18.9 Å². The van der Waals surface area contributed by atoms with Crippen molar-refractivity contribution < 1.29 is 23.8 Å². The number of carbonyl (C=O) groups is 1. The summed E-state index contributed by atoms with van der Waals surface area (Å²) in [7, 11) is 0. The van der Waals surface area contributed by atoms with Crippen molar-refractivity contribution >= 4 is 5.97 Å². The molecule has 6 heteroatoms. The molecule has 158 valence electrons. The van der Waals surface area contributed by atoms with E-state index >= 15 is 0 Å². The molecule has 3 rings (SSSR count). The Hall–Kier alpha value is -2.18. The highest BCUT2D eigenvalue weighted by Gasteiger charge is 2.54. The molecule has 1 saturated heterocycles. The van der Waals surface area contributed by atoms with Gasteiger partial charge in [0, 0.05) is 16.9 Å². The molecule has 0 aliphatic carbocycles. The maximum Gasteiger partial charge on any atom is 0.365 e. The fourth-order valence-electron chi connectivity index (χ4n) is 3.69. The molecule has 0 amide bonds. The molecule has 0 atom stereocenters. The van der Waals surface area contributed by atoms with Crippen LogP contribution in [0.5, 0.6) is 0 Å². The van der Waals surface area contributed by atoms with Crippen molar-refractivity contribution in [1.82, 2.24) is 4.98 Å². The number of benzene rings is 1. The Balaban J connectivity index is 1.46. The van der Waals surface area contributed by atoms with Gasteiger partial charge in [0.2, 0.25) is 5.89 Å². The van der Waals surface area contributed by atoms with Crippen LogP contribution in [0.25, 0.3) is 11.5 Å². The Labute approximate surface area is 172 Å². The lowest BCUT2D eigenvalue weighted by atomic mass is 9.84. The quantitative estimate of drug-likeness (QED) is 0.668. The van der Waals surface area contributed by atoms with Gasteiger partial charge in [-0.3, -0.25) is 0 Å². The van der Waals surface area contributed by atoms with Crippen molar-refractivity contribution in [3.8, 4) is 11.5 Å². The van der Waals surface area contributed by atoms with Gasteiger partial charge in [-0.15, -0.1) is 0 Å². The number of oxazole rings is 1. The summed E-state index contributed by atoms with van der Waals surface area (Å²) in [4.78, 5) is 16.4. The third-order valence-electron chi connectivity index (χ3n) is 5.50. The minimum Gasteiger partial charge on any atom is -0.477 e. The minimum absolute atomic E-state index is 0.211. The van der Waals surface area contributed by atoms with E-state index in [0.29, 0.717) is 19.1 Å². The highest BCUT2D eigenvalue weighted by molar-refractivity contribution is 5.76. The first kappa shape index (κ1) is 21.5. The summed E-state index contributed by atoms with van der Waals surface area (Å²) in [6.07, 6.45) is 3.78. The van der Waals surface area contributed by atoms with Crippen LogP contribution in [0.15, 0.2) is 34.7 Å². The van der Waals surface area contributed by atoms with E-state index in [0.717, 1.165) is 42.7 Å². The predicted octanol–water partition coefficient (Wildman–Crippen LogP) is 4.85. The van der Waals surface area contributed by atoms with Gasteiger partial charge in [0.1, 0.15) is 5.76 Å². The Morgan fingerprint density at radius 1 is 1.17 bits per heavy atom. The van der Waals surface area contributed by atoms with Gasteiger partial charge in [-0.05, 0) is 38.3 Å². The topological polar surface area (TPSA) is 81.8 Å². The second-order valence-electron chi connectivity index (χ2n) is 8.79. The molecule has 6 nitrogen and oxygen atoms in total. The van der Waals surface area contributed by atoms with Gasteiger partial charge < -0.3 is 19.0 Å². The van der Waals surface area contributed by atoms with Crippen LogP contribution in [0.1, 0.15) is 51.5 Å². The van der Waals surface area contributed by atoms with Crippen molar-refractivity contribution in [2.45, 2.75) is 59.2 Å². The molecule has 1 N–H and O–H groups in total. The second kappa shape index (κ2) is 8.67. The van der Waals surface area contributed by atoms with E-state index in [4.69, 9.17) is 13.9 Å². The van der Waals surface area contributed by atoms with E-state index in [2.05, 4.69) is 4.98 Å². The number of rotatable bonds is 7. The number of hydrogen-bond acceptors (Lipinski definition) is 5. The van der Waals surface area contributed by atoms with E-state index in [-0.39, 0.29) is 5.92 Å². The molecule has 1 aliphatic rings. The average molecular weight is 402 g/mol. The van der Waals surface area contributed by atoms with Crippen molar-refractivity contribution in [3.63, 3.8) is 0 Å². The van der Waals surface area contributed by atoms with E-state index in [9.17, 15) is 9.90 Å². The number of carboxylic acids is 1. The zero-order valence-corrected chi connectivity index (χ0v) is 17.7. The standard InChI is InChI=1S/C23H31NO5/c1-16-19(24-20(29-16)18-11-6-5-7-12-18)13-9-8-10-17-14-27-23(21(25)26,28-15-17)22(2,3)4/h5-7,11-12,17H,8-10,13-15H2,1-4H3,(H,25,26). The largest absolute Gasteiger partial charge is 0.477 e. The maximum atomic E-state index is 11.7. The maximum absolute atomic E-state index is 11.7. The summed E-state index contributed by atoms with van der Waals surface area (Å²) in [6, 6.07) is 9.91. The van der Waals surface area contributed by atoms with Crippen LogP contribution >= 0.6 is 0 Å². The SMILES string of the molecule is Cc1oc(-c2ccccc2)nc1CCCCC1COC(C(=O)O)(C(C)(C)C)OC1. The smallest absolute Gasteiger partial charge is 0.365 e. The number of hydrogen-bond donors (Lipinski definition) is 1. The van der Waals surface area contributed by atoms with Gasteiger partial charge in [-0.1, -0.05) is 45.4 Å². The Kier molecular flexibility index (Phi) is 6.44. The minimum atomic E-state index is -1.56. The van der Waals surface area contributed by atoms with E-state index in [1.807, 2.05) is 58.0 Å². The Bertz CT molecular complexity index is 814. The summed E-state index contributed by atoms with van der Waals surface area (Å²) in [5, 5.41) is 9.60. The lowest BCUT2D eigenvalue weighted by molar-refractivity contribution is -0.316. The number of unbranched alkanes of at least 4 members (excludes halogenated alkanes) is 1. The first-order valence-corrected chi connectivity index (χ1v) is 10.3. The number of carboxylic acid groups (broad SMARTS) is 1. The molecular weight excluding hydrogens is 370 g/mol. The molecule has 2 heterocycles. The zero-order valence-electron chi connectivity index (χ0n) is 17.7.